The first kappa shape index (κ1) is 15.8. The Bertz CT molecular complexity index is 871. The molecule has 0 fully saturated rings. The van der Waals surface area contributed by atoms with Gasteiger partial charge in [0.15, 0.2) is 9.84 Å². The molecule has 1 aromatic carbocycles. The Balaban J connectivity index is 2.31. The molecular formula is C11H12ClN3O4S2. The number of hydrogen-bond acceptors (Lipinski definition) is 5. The molecule has 1 aromatic heterocycles. The lowest BCUT2D eigenvalue weighted by molar-refractivity contribution is 0.598. The zero-order chi connectivity index (χ0) is 15.8. The molecule has 0 unspecified atom stereocenters. The third-order valence-electron chi connectivity index (χ3n) is 2.62. The third-order valence-corrected chi connectivity index (χ3v) is 5.62. The van der Waals surface area contributed by atoms with Crippen molar-refractivity contribution in [3.63, 3.8) is 0 Å². The first-order chi connectivity index (χ1) is 9.61. The molecule has 0 saturated carbocycles. The Hall–Kier alpha value is -1.58. The average molecular weight is 350 g/mol. The van der Waals surface area contributed by atoms with E-state index in [4.69, 9.17) is 11.6 Å². The number of rotatable bonds is 4. The maximum atomic E-state index is 12.1. The summed E-state index contributed by atoms with van der Waals surface area (Å²) in [6.45, 7) is 0. The molecule has 0 atom stereocenters. The van der Waals surface area contributed by atoms with Crippen LogP contribution in [0.4, 0.5) is 5.69 Å². The fourth-order valence-corrected chi connectivity index (χ4v) is 3.67. The van der Waals surface area contributed by atoms with E-state index in [0.29, 0.717) is 0 Å². The number of anilines is 1. The van der Waals surface area contributed by atoms with Gasteiger partial charge in [0, 0.05) is 19.0 Å². The number of halogens is 1. The Morgan fingerprint density at radius 2 is 1.71 bits per heavy atom. The SMILES string of the molecule is Cn1cnc(S(=O)(=O)Nc2ccc(S(C)(=O)=O)cc2)c1Cl. The van der Waals surface area contributed by atoms with Crippen LogP contribution in [0.1, 0.15) is 0 Å². The first-order valence-corrected chi connectivity index (χ1v) is 9.36. The van der Waals surface area contributed by atoms with Gasteiger partial charge in [0.1, 0.15) is 5.15 Å². The zero-order valence-electron chi connectivity index (χ0n) is 11.1. The fraction of sp³-hybridized carbons (Fsp3) is 0.182. The number of sulfone groups is 1. The zero-order valence-corrected chi connectivity index (χ0v) is 13.5. The van der Waals surface area contributed by atoms with Crippen LogP contribution in [0.25, 0.3) is 0 Å². The normalized spacial score (nSPS) is 12.3. The van der Waals surface area contributed by atoms with Crippen LogP contribution in [0.2, 0.25) is 5.15 Å². The van der Waals surface area contributed by atoms with Gasteiger partial charge in [0.25, 0.3) is 10.0 Å². The van der Waals surface area contributed by atoms with Crippen LogP contribution >= 0.6 is 11.6 Å². The van der Waals surface area contributed by atoms with Gasteiger partial charge >= 0.3 is 0 Å². The Labute approximate surface area is 127 Å². The van der Waals surface area contributed by atoms with Crippen molar-refractivity contribution in [2.45, 2.75) is 9.92 Å². The van der Waals surface area contributed by atoms with Gasteiger partial charge in [-0.2, -0.15) is 8.42 Å². The van der Waals surface area contributed by atoms with Crippen molar-refractivity contribution < 1.29 is 16.8 Å². The molecule has 114 valence electrons. The number of aryl methyl sites for hydroxylation is 1. The van der Waals surface area contributed by atoms with Crippen LogP contribution < -0.4 is 4.72 Å². The number of sulfonamides is 1. The smallest absolute Gasteiger partial charge is 0.282 e. The van der Waals surface area contributed by atoms with Gasteiger partial charge in [-0.25, -0.2) is 13.4 Å². The Kier molecular flexibility index (Phi) is 4.00. The quantitative estimate of drug-likeness (QED) is 0.896. The molecule has 2 aromatic rings. The predicted octanol–water partition coefficient (Wildman–Crippen LogP) is 1.28. The van der Waals surface area contributed by atoms with E-state index in [9.17, 15) is 16.8 Å². The largest absolute Gasteiger partial charge is 0.324 e. The summed E-state index contributed by atoms with van der Waals surface area (Å²) in [5.74, 6) is 0. The van der Waals surface area contributed by atoms with Crippen molar-refractivity contribution in [3.8, 4) is 0 Å². The molecule has 1 N–H and O–H groups in total. The van der Waals surface area contributed by atoms with Gasteiger partial charge < -0.3 is 4.57 Å². The summed E-state index contributed by atoms with van der Waals surface area (Å²) >= 11 is 5.85. The van der Waals surface area contributed by atoms with E-state index in [1.54, 1.807) is 7.05 Å². The molecule has 10 heteroatoms. The summed E-state index contributed by atoms with van der Waals surface area (Å²) in [6.07, 6.45) is 2.35. The standard InChI is InChI=1S/C11H12ClN3O4S2/c1-15-7-13-11(10(15)12)21(18,19)14-8-3-5-9(6-4-8)20(2,16)17/h3-7,14H,1-2H3. The highest BCUT2D eigenvalue weighted by atomic mass is 35.5. The highest BCUT2D eigenvalue weighted by Crippen LogP contribution is 2.22. The lowest BCUT2D eigenvalue weighted by Crippen LogP contribution is -2.14. The minimum absolute atomic E-state index is 0.0183. The van der Waals surface area contributed by atoms with Crippen molar-refractivity contribution in [2.24, 2.45) is 7.05 Å². The minimum Gasteiger partial charge on any atom is -0.324 e. The lowest BCUT2D eigenvalue weighted by Gasteiger charge is -2.07. The third kappa shape index (κ3) is 3.36. The number of benzene rings is 1. The molecule has 0 aliphatic carbocycles. The van der Waals surface area contributed by atoms with E-state index >= 15 is 0 Å². The molecule has 0 radical (unpaired) electrons. The molecule has 0 amide bonds. The molecule has 0 aliphatic heterocycles. The van der Waals surface area contributed by atoms with E-state index in [2.05, 4.69) is 9.71 Å². The summed E-state index contributed by atoms with van der Waals surface area (Å²) in [5.41, 5.74) is 0.212. The highest BCUT2D eigenvalue weighted by Gasteiger charge is 2.22. The van der Waals surface area contributed by atoms with Crippen molar-refractivity contribution in [1.82, 2.24) is 9.55 Å². The average Bonchev–Trinajstić information content (AvgIpc) is 2.69. The number of nitrogens with zero attached hydrogens (tertiary/aromatic N) is 2. The maximum absolute atomic E-state index is 12.1. The molecule has 0 saturated heterocycles. The van der Waals surface area contributed by atoms with E-state index in [1.807, 2.05) is 0 Å². The van der Waals surface area contributed by atoms with Crippen molar-refractivity contribution in [2.75, 3.05) is 11.0 Å². The second-order valence-electron chi connectivity index (χ2n) is 4.35. The van der Waals surface area contributed by atoms with Crippen molar-refractivity contribution >= 4 is 37.1 Å². The maximum Gasteiger partial charge on any atom is 0.282 e. The molecular weight excluding hydrogens is 338 g/mol. The molecule has 1 heterocycles. The van der Waals surface area contributed by atoms with Crippen LogP contribution in [0, 0.1) is 0 Å². The van der Waals surface area contributed by atoms with Crippen molar-refractivity contribution in [1.29, 1.82) is 0 Å². The lowest BCUT2D eigenvalue weighted by atomic mass is 10.3. The summed E-state index contributed by atoms with van der Waals surface area (Å²) in [4.78, 5) is 3.82. The van der Waals surface area contributed by atoms with Gasteiger partial charge in [-0.3, -0.25) is 4.72 Å². The van der Waals surface area contributed by atoms with Gasteiger partial charge in [0.2, 0.25) is 5.03 Å². The fourth-order valence-electron chi connectivity index (χ4n) is 1.55. The molecule has 0 aliphatic rings. The highest BCUT2D eigenvalue weighted by molar-refractivity contribution is 7.92. The van der Waals surface area contributed by atoms with Crippen LogP contribution in [0.15, 0.2) is 40.5 Å². The number of hydrogen-bond donors (Lipinski definition) is 1. The van der Waals surface area contributed by atoms with E-state index < -0.39 is 19.9 Å². The predicted molar refractivity (Wildman–Crippen MR) is 78.6 cm³/mol. The van der Waals surface area contributed by atoms with E-state index in [0.717, 1.165) is 6.26 Å². The molecule has 0 spiro atoms. The molecule has 21 heavy (non-hydrogen) atoms. The number of nitrogens with one attached hydrogen (secondary N) is 1. The summed E-state index contributed by atoms with van der Waals surface area (Å²) in [6, 6.07) is 5.33. The summed E-state index contributed by atoms with van der Waals surface area (Å²) < 4.78 is 50.6. The van der Waals surface area contributed by atoms with Crippen LogP contribution in [-0.4, -0.2) is 32.6 Å². The Morgan fingerprint density at radius 3 is 2.14 bits per heavy atom. The minimum atomic E-state index is -3.93. The first-order valence-electron chi connectivity index (χ1n) is 5.61. The van der Waals surface area contributed by atoms with E-state index in [1.165, 1.54) is 35.2 Å². The number of imidazole rings is 1. The van der Waals surface area contributed by atoms with Gasteiger partial charge in [-0.05, 0) is 24.3 Å². The molecule has 0 bridgehead atoms. The molecule has 7 nitrogen and oxygen atoms in total. The second kappa shape index (κ2) is 5.32. The summed E-state index contributed by atoms with van der Waals surface area (Å²) in [5, 5.41) is -0.311. The Morgan fingerprint density at radius 1 is 1.14 bits per heavy atom. The van der Waals surface area contributed by atoms with Gasteiger partial charge in [-0.1, -0.05) is 11.6 Å². The monoisotopic (exact) mass is 349 g/mol. The summed E-state index contributed by atoms with van der Waals surface area (Å²) in [7, 11) is -5.70. The second-order valence-corrected chi connectivity index (χ2v) is 8.32. The molecule has 2 rings (SSSR count). The van der Waals surface area contributed by atoms with Crippen LogP contribution in [-0.2, 0) is 26.9 Å². The van der Waals surface area contributed by atoms with Gasteiger partial charge in [0.05, 0.1) is 11.2 Å². The van der Waals surface area contributed by atoms with Crippen molar-refractivity contribution in [3.05, 3.63) is 35.7 Å². The topological polar surface area (TPSA) is 98.1 Å². The number of aromatic nitrogens is 2. The van der Waals surface area contributed by atoms with E-state index in [-0.39, 0.29) is 20.8 Å². The van der Waals surface area contributed by atoms with Crippen LogP contribution in [0.3, 0.4) is 0 Å². The van der Waals surface area contributed by atoms with Gasteiger partial charge in [-0.15, -0.1) is 0 Å². The van der Waals surface area contributed by atoms with Crippen LogP contribution in [0.5, 0.6) is 0 Å².